The monoisotopic (exact) mass is 716 g/mol. The number of hydrogen-bond donors (Lipinski definition) is 0. The fourth-order valence-electron chi connectivity index (χ4n) is 8.65. The minimum atomic E-state index is -0.515. The van der Waals surface area contributed by atoms with Crippen LogP contribution in [0.2, 0.25) is 0 Å². The van der Waals surface area contributed by atoms with Crippen molar-refractivity contribution in [3.63, 3.8) is 0 Å². The smallest absolute Gasteiger partial charge is 0.164 e. The van der Waals surface area contributed by atoms with Crippen molar-refractivity contribution in [2.24, 2.45) is 0 Å². The molecule has 0 bridgehead atoms. The normalized spacial score (nSPS) is 12.9. The van der Waals surface area contributed by atoms with Gasteiger partial charge in [-0.2, -0.15) is 0 Å². The number of rotatable bonds is 5. The minimum absolute atomic E-state index is 0.515. The van der Waals surface area contributed by atoms with Crippen LogP contribution in [-0.2, 0) is 5.41 Å². The Bertz CT molecular complexity index is 2880. The largest absolute Gasteiger partial charge is 0.457 e. The fraction of sp³-hybridized carbons (Fsp3) is 0.0196. The molecule has 9 aromatic rings. The van der Waals surface area contributed by atoms with Crippen molar-refractivity contribution in [2.45, 2.75) is 5.41 Å². The maximum atomic E-state index is 6.54. The van der Waals surface area contributed by atoms with Crippen molar-refractivity contribution in [3.8, 4) is 79.0 Å². The summed E-state index contributed by atoms with van der Waals surface area (Å²) in [5.41, 5.74) is 14.1. The number of pyridine rings is 1. The summed E-state index contributed by atoms with van der Waals surface area (Å²) < 4.78 is 6.54. The van der Waals surface area contributed by atoms with Crippen LogP contribution in [0.4, 0.5) is 0 Å². The molecule has 0 saturated heterocycles. The number of nitrogens with zero attached hydrogens (tertiary/aromatic N) is 4. The van der Waals surface area contributed by atoms with Crippen LogP contribution in [0.1, 0.15) is 22.3 Å². The van der Waals surface area contributed by atoms with Crippen LogP contribution in [0.25, 0.3) is 67.5 Å². The van der Waals surface area contributed by atoms with Crippen molar-refractivity contribution in [2.75, 3.05) is 0 Å². The van der Waals surface area contributed by atoms with Crippen LogP contribution < -0.4 is 4.74 Å². The van der Waals surface area contributed by atoms with E-state index in [0.717, 1.165) is 56.0 Å². The summed E-state index contributed by atoms with van der Waals surface area (Å²) in [4.78, 5) is 19.2. The Hall–Kier alpha value is -7.50. The fourth-order valence-corrected chi connectivity index (χ4v) is 8.65. The first kappa shape index (κ1) is 32.0. The van der Waals surface area contributed by atoms with E-state index in [1.807, 2.05) is 54.9 Å². The van der Waals surface area contributed by atoms with Crippen molar-refractivity contribution >= 4 is 0 Å². The Morgan fingerprint density at radius 2 is 0.768 bits per heavy atom. The molecule has 0 amide bonds. The Kier molecular flexibility index (Phi) is 7.32. The Balaban J connectivity index is 1.03. The van der Waals surface area contributed by atoms with Gasteiger partial charge in [0.15, 0.2) is 17.5 Å². The van der Waals surface area contributed by atoms with Gasteiger partial charge in [0.05, 0.1) is 5.41 Å². The van der Waals surface area contributed by atoms with Gasteiger partial charge in [0.1, 0.15) is 11.5 Å². The molecule has 1 spiro atoms. The molecule has 3 heterocycles. The molecule has 0 saturated carbocycles. The summed E-state index contributed by atoms with van der Waals surface area (Å²) in [5.74, 6) is 3.66. The zero-order valence-electron chi connectivity index (χ0n) is 30.2. The summed E-state index contributed by atoms with van der Waals surface area (Å²) in [5, 5.41) is 0. The molecular formula is C51H32N4O. The molecule has 0 fully saturated rings. The van der Waals surface area contributed by atoms with Gasteiger partial charge in [-0.15, -0.1) is 0 Å². The molecule has 5 heteroatoms. The summed E-state index contributed by atoms with van der Waals surface area (Å²) in [6.45, 7) is 0. The third-order valence-electron chi connectivity index (χ3n) is 11.1. The number of hydrogen-bond acceptors (Lipinski definition) is 5. The van der Waals surface area contributed by atoms with E-state index in [2.05, 4.69) is 145 Å². The van der Waals surface area contributed by atoms with Crippen LogP contribution in [0, 0.1) is 0 Å². The number of para-hydroxylation sites is 2. The zero-order chi connectivity index (χ0) is 37.1. The van der Waals surface area contributed by atoms with E-state index in [9.17, 15) is 0 Å². The van der Waals surface area contributed by atoms with Crippen LogP contribution in [0.5, 0.6) is 11.5 Å². The summed E-state index contributed by atoms with van der Waals surface area (Å²) in [6.07, 6.45) is 3.62. The third kappa shape index (κ3) is 4.95. The molecule has 1 aliphatic heterocycles. The van der Waals surface area contributed by atoms with Crippen molar-refractivity contribution < 1.29 is 4.74 Å². The highest BCUT2D eigenvalue weighted by Crippen LogP contribution is 2.63. The average Bonchev–Trinajstić information content (AvgIpc) is 3.58. The maximum absolute atomic E-state index is 6.54. The van der Waals surface area contributed by atoms with E-state index in [-0.39, 0.29) is 0 Å². The number of aromatic nitrogens is 4. The second-order valence-electron chi connectivity index (χ2n) is 14.2. The van der Waals surface area contributed by atoms with E-state index in [0.29, 0.717) is 17.5 Å². The number of ether oxygens (including phenoxy) is 1. The van der Waals surface area contributed by atoms with Crippen molar-refractivity contribution in [3.05, 3.63) is 217 Å². The summed E-state index contributed by atoms with van der Waals surface area (Å²) >= 11 is 0. The van der Waals surface area contributed by atoms with Crippen LogP contribution >= 0.6 is 0 Å². The standard InChI is InChI=1S/C51H32N4O/c1-2-11-36(12-3-1)48-53-49(37-25-21-33(22-26-37)34-29-31-52-32-30-34)55-50(54-48)38-27-23-35(24-28-38)39-14-10-18-44-47(39)40-13-4-5-15-41(40)51(44)42-16-6-8-19-45(42)56-46-20-9-7-17-43(46)51/h1-32H. The molecule has 5 nitrogen and oxygen atoms in total. The Morgan fingerprint density at radius 3 is 1.39 bits per heavy atom. The molecule has 0 unspecified atom stereocenters. The molecule has 0 N–H and O–H groups in total. The van der Waals surface area contributed by atoms with Crippen molar-refractivity contribution in [1.29, 1.82) is 0 Å². The molecule has 7 aromatic carbocycles. The van der Waals surface area contributed by atoms with E-state index < -0.39 is 5.41 Å². The van der Waals surface area contributed by atoms with Gasteiger partial charge in [0.25, 0.3) is 0 Å². The van der Waals surface area contributed by atoms with Crippen LogP contribution in [0.3, 0.4) is 0 Å². The second kappa shape index (κ2) is 12.8. The first-order valence-corrected chi connectivity index (χ1v) is 18.8. The SMILES string of the molecule is c1ccc(-c2nc(-c3ccc(-c4ccncc4)cc3)nc(-c3ccc(-c4cccc5c4-c4ccccc4C54c5ccccc5Oc5ccccc54)cc3)n2)cc1. The minimum Gasteiger partial charge on any atom is -0.457 e. The van der Waals surface area contributed by atoms with Gasteiger partial charge in [-0.3, -0.25) is 4.98 Å². The molecule has 0 atom stereocenters. The first-order valence-electron chi connectivity index (χ1n) is 18.8. The predicted molar refractivity (Wildman–Crippen MR) is 222 cm³/mol. The molecule has 2 aliphatic rings. The van der Waals surface area contributed by atoms with E-state index in [1.165, 1.54) is 27.8 Å². The number of benzene rings is 7. The lowest BCUT2D eigenvalue weighted by Gasteiger charge is -2.39. The highest BCUT2D eigenvalue weighted by Gasteiger charge is 2.51. The average molecular weight is 717 g/mol. The van der Waals surface area contributed by atoms with E-state index in [1.54, 1.807) is 0 Å². The highest BCUT2D eigenvalue weighted by molar-refractivity contribution is 5.96. The topological polar surface area (TPSA) is 60.8 Å². The molecule has 262 valence electrons. The molecule has 2 aromatic heterocycles. The Morgan fingerprint density at radius 1 is 0.321 bits per heavy atom. The number of fused-ring (bicyclic) bond motifs is 9. The molecule has 1 aliphatic carbocycles. The predicted octanol–water partition coefficient (Wildman–Crippen LogP) is 12.1. The van der Waals surface area contributed by atoms with Crippen molar-refractivity contribution in [1.82, 2.24) is 19.9 Å². The lowest BCUT2D eigenvalue weighted by atomic mass is 9.66. The second-order valence-corrected chi connectivity index (χ2v) is 14.2. The van der Waals surface area contributed by atoms with Crippen LogP contribution in [-0.4, -0.2) is 19.9 Å². The summed E-state index contributed by atoms with van der Waals surface area (Å²) in [7, 11) is 0. The molecular weight excluding hydrogens is 685 g/mol. The molecule has 56 heavy (non-hydrogen) atoms. The van der Waals surface area contributed by atoms with E-state index in [4.69, 9.17) is 19.7 Å². The molecule has 0 radical (unpaired) electrons. The molecule has 11 rings (SSSR count). The van der Waals surface area contributed by atoms with Gasteiger partial charge >= 0.3 is 0 Å². The van der Waals surface area contributed by atoms with Crippen LogP contribution in [0.15, 0.2) is 194 Å². The third-order valence-corrected chi connectivity index (χ3v) is 11.1. The van der Waals surface area contributed by atoms with Gasteiger partial charge in [0, 0.05) is 40.2 Å². The van der Waals surface area contributed by atoms with E-state index >= 15 is 0 Å². The lowest BCUT2D eigenvalue weighted by Crippen LogP contribution is -2.32. The zero-order valence-corrected chi connectivity index (χ0v) is 30.2. The van der Waals surface area contributed by atoms with Gasteiger partial charge in [0.2, 0.25) is 0 Å². The lowest BCUT2D eigenvalue weighted by molar-refractivity contribution is 0.436. The quantitative estimate of drug-likeness (QED) is 0.177. The van der Waals surface area contributed by atoms with Gasteiger partial charge in [-0.1, -0.05) is 158 Å². The first-order chi connectivity index (χ1) is 27.8. The Labute approximate surface area is 324 Å². The van der Waals surface area contributed by atoms with Gasteiger partial charge in [-0.05, 0) is 68.8 Å². The summed E-state index contributed by atoms with van der Waals surface area (Å²) in [6, 6.07) is 63.7. The highest BCUT2D eigenvalue weighted by atomic mass is 16.5. The van der Waals surface area contributed by atoms with Gasteiger partial charge < -0.3 is 4.74 Å². The van der Waals surface area contributed by atoms with Gasteiger partial charge in [-0.25, -0.2) is 15.0 Å². The maximum Gasteiger partial charge on any atom is 0.164 e.